The van der Waals surface area contributed by atoms with E-state index in [2.05, 4.69) is 5.32 Å². The Labute approximate surface area is 144 Å². The first-order chi connectivity index (χ1) is 7.23. The molecule has 1 unspecified atom stereocenters. The molecule has 0 saturated heterocycles. The molecule has 1 aliphatic heterocycles. The molecule has 88 valence electrons. The molecule has 0 aromatic heterocycles. The van der Waals surface area contributed by atoms with E-state index in [1.165, 1.54) is 12.1 Å². The molecule has 1 atom stereocenters. The zero-order valence-corrected chi connectivity index (χ0v) is 14.4. The smallest absolute Gasteiger partial charge is 0.744 e. The molecule has 2 rings (SSSR count). The number of hydrogen-bond acceptors (Lipinski definition) is 4. The summed E-state index contributed by atoms with van der Waals surface area (Å²) in [6.45, 7) is 6.08. The van der Waals surface area contributed by atoms with Crippen molar-refractivity contribution in [3.63, 3.8) is 0 Å². The molecule has 0 bridgehead atoms. The SMILES string of the molecule is CC1Nc2ccc(S(=O)(=O)[O-])cc2C1(C)C.[K+]. The summed E-state index contributed by atoms with van der Waals surface area (Å²) >= 11 is 0. The van der Waals surface area contributed by atoms with Crippen LogP contribution in [-0.4, -0.2) is 19.0 Å². The summed E-state index contributed by atoms with van der Waals surface area (Å²) < 4.78 is 32.8. The minimum Gasteiger partial charge on any atom is -0.744 e. The van der Waals surface area contributed by atoms with Gasteiger partial charge >= 0.3 is 51.4 Å². The summed E-state index contributed by atoms with van der Waals surface area (Å²) in [6, 6.07) is 4.70. The van der Waals surface area contributed by atoms with E-state index in [0.29, 0.717) is 0 Å². The van der Waals surface area contributed by atoms with Crippen LogP contribution < -0.4 is 56.7 Å². The third kappa shape index (κ3) is 2.78. The monoisotopic (exact) mass is 279 g/mol. The van der Waals surface area contributed by atoms with Crippen LogP contribution in [0.4, 0.5) is 5.69 Å². The largest absolute Gasteiger partial charge is 1.00 e. The van der Waals surface area contributed by atoms with E-state index >= 15 is 0 Å². The Morgan fingerprint density at radius 3 is 2.47 bits per heavy atom. The maximum Gasteiger partial charge on any atom is 1.00 e. The first-order valence-electron chi connectivity index (χ1n) is 5.10. The van der Waals surface area contributed by atoms with Gasteiger partial charge in [-0.25, -0.2) is 8.42 Å². The Morgan fingerprint density at radius 2 is 1.94 bits per heavy atom. The standard InChI is InChI=1S/C11H15NO3S.K/c1-7-11(2,3)9-6-8(16(13,14)15)4-5-10(9)12-7;/h4-7,12H,1-3H3,(H,13,14,15);/q;+1/p-1. The van der Waals surface area contributed by atoms with Crippen molar-refractivity contribution in [3.8, 4) is 0 Å². The molecule has 1 aromatic carbocycles. The van der Waals surface area contributed by atoms with Crippen molar-refractivity contribution < 1.29 is 64.4 Å². The van der Waals surface area contributed by atoms with Crippen LogP contribution in [0.3, 0.4) is 0 Å². The van der Waals surface area contributed by atoms with Crippen LogP contribution >= 0.6 is 0 Å². The number of benzene rings is 1. The van der Waals surface area contributed by atoms with Gasteiger partial charge in [-0.1, -0.05) is 13.8 Å². The third-order valence-corrected chi connectivity index (χ3v) is 4.26. The van der Waals surface area contributed by atoms with Gasteiger partial charge in [-0.3, -0.25) is 0 Å². The number of anilines is 1. The number of rotatable bonds is 1. The summed E-state index contributed by atoms with van der Waals surface area (Å²) in [4.78, 5) is -0.157. The van der Waals surface area contributed by atoms with Gasteiger partial charge in [0.1, 0.15) is 10.1 Å². The summed E-state index contributed by atoms with van der Waals surface area (Å²) in [5, 5.41) is 3.27. The van der Waals surface area contributed by atoms with E-state index in [0.717, 1.165) is 11.3 Å². The molecule has 0 aliphatic carbocycles. The first-order valence-corrected chi connectivity index (χ1v) is 6.51. The van der Waals surface area contributed by atoms with Gasteiger partial charge in [-0.15, -0.1) is 0 Å². The average Bonchev–Trinajstić information content (AvgIpc) is 2.37. The summed E-state index contributed by atoms with van der Waals surface area (Å²) in [7, 11) is -4.37. The van der Waals surface area contributed by atoms with Crippen LogP contribution in [0.2, 0.25) is 0 Å². The summed E-state index contributed by atoms with van der Waals surface area (Å²) in [6.07, 6.45) is 0. The van der Waals surface area contributed by atoms with Gasteiger partial charge in [0.2, 0.25) is 0 Å². The molecular formula is C11H14KNO3S. The predicted molar refractivity (Wildman–Crippen MR) is 60.5 cm³/mol. The fourth-order valence-electron chi connectivity index (χ4n) is 1.98. The number of fused-ring (bicyclic) bond motifs is 1. The Hall–Kier alpha value is 0.566. The molecule has 1 aliphatic rings. The van der Waals surface area contributed by atoms with Crippen molar-refractivity contribution in [2.45, 2.75) is 37.1 Å². The van der Waals surface area contributed by atoms with Gasteiger partial charge in [0.05, 0.1) is 4.90 Å². The van der Waals surface area contributed by atoms with Gasteiger partial charge in [0.15, 0.2) is 0 Å². The normalized spacial score (nSPS) is 21.3. The van der Waals surface area contributed by atoms with E-state index in [9.17, 15) is 13.0 Å². The summed E-state index contributed by atoms with van der Waals surface area (Å²) in [5.74, 6) is 0. The molecule has 1 aromatic rings. The zero-order chi connectivity index (χ0) is 12.1. The van der Waals surface area contributed by atoms with Crippen molar-refractivity contribution in [3.05, 3.63) is 23.8 Å². The van der Waals surface area contributed by atoms with Crippen molar-refractivity contribution in [1.82, 2.24) is 0 Å². The molecule has 0 radical (unpaired) electrons. The minimum atomic E-state index is -4.37. The molecule has 1 N–H and O–H groups in total. The van der Waals surface area contributed by atoms with Crippen LogP contribution in [0.25, 0.3) is 0 Å². The quantitative estimate of drug-likeness (QED) is 0.512. The Kier molecular flexibility index (Phi) is 4.52. The van der Waals surface area contributed by atoms with E-state index in [1.54, 1.807) is 6.07 Å². The molecule has 0 spiro atoms. The van der Waals surface area contributed by atoms with Gasteiger partial charge in [0.25, 0.3) is 0 Å². The van der Waals surface area contributed by atoms with Crippen LogP contribution in [0.15, 0.2) is 23.1 Å². The zero-order valence-electron chi connectivity index (χ0n) is 10.4. The Morgan fingerprint density at radius 1 is 1.35 bits per heavy atom. The molecule has 1 heterocycles. The Balaban J connectivity index is 0.00000144. The first kappa shape index (κ1) is 15.6. The third-order valence-electron chi connectivity index (χ3n) is 3.43. The number of nitrogens with one attached hydrogen (secondary N) is 1. The van der Waals surface area contributed by atoms with Gasteiger partial charge in [0, 0.05) is 17.1 Å². The van der Waals surface area contributed by atoms with Gasteiger partial charge in [-0.2, -0.15) is 0 Å². The average molecular weight is 279 g/mol. The van der Waals surface area contributed by atoms with Crippen LogP contribution in [-0.2, 0) is 15.5 Å². The Bertz CT molecular complexity index is 540. The molecule has 0 fully saturated rings. The number of hydrogen-bond donors (Lipinski definition) is 1. The second kappa shape index (κ2) is 4.92. The second-order valence-corrected chi connectivity index (χ2v) is 6.13. The fraction of sp³-hybridized carbons (Fsp3) is 0.455. The van der Waals surface area contributed by atoms with Gasteiger partial charge < -0.3 is 9.87 Å². The molecule has 4 nitrogen and oxygen atoms in total. The molecule has 0 saturated carbocycles. The van der Waals surface area contributed by atoms with Crippen LogP contribution in [0, 0.1) is 0 Å². The minimum absolute atomic E-state index is 0. The molecule has 6 heteroatoms. The van der Waals surface area contributed by atoms with Crippen molar-refractivity contribution in [1.29, 1.82) is 0 Å². The van der Waals surface area contributed by atoms with Crippen molar-refractivity contribution >= 4 is 15.8 Å². The van der Waals surface area contributed by atoms with Crippen molar-refractivity contribution in [2.24, 2.45) is 0 Å². The topological polar surface area (TPSA) is 69.2 Å². The molecule has 17 heavy (non-hydrogen) atoms. The van der Waals surface area contributed by atoms with E-state index in [1.807, 2.05) is 20.8 Å². The van der Waals surface area contributed by atoms with Crippen LogP contribution in [0.1, 0.15) is 26.3 Å². The second-order valence-electron chi connectivity index (χ2n) is 4.75. The molecule has 0 amide bonds. The van der Waals surface area contributed by atoms with E-state index < -0.39 is 10.1 Å². The fourth-order valence-corrected chi connectivity index (χ4v) is 2.48. The maximum atomic E-state index is 10.9. The van der Waals surface area contributed by atoms with E-state index in [-0.39, 0.29) is 67.7 Å². The van der Waals surface area contributed by atoms with Crippen LogP contribution in [0.5, 0.6) is 0 Å². The summed E-state index contributed by atoms with van der Waals surface area (Å²) in [5.41, 5.74) is 1.62. The van der Waals surface area contributed by atoms with Gasteiger partial charge in [-0.05, 0) is 30.7 Å². The predicted octanol–water partition coefficient (Wildman–Crippen LogP) is -1.31. The molecular weight excluding hydrogens is 265 g/mol. The maximum absolute atomic E-state index is 10.9. The van der Waals surface area contributed by atoms with Crippen molar-refractivity contribution in [2.75, 3.05) is 5.32 Å². The van der Waals surface area contributed by atoms with E-state index in [4.69, 9.17) is 0 Å².